The van der Waals surface area contributed by atoms with E-state index in [9.17, 15) is 24.9 Å². The number of unbranched alkanes of at least 4 members (excludes halogenated alkanes) is 1. The van der Waals surface area contributed by atoms with E-state index in [0.717, 1.165) is 85.1 Å². The minimum Gasteiger partial charge on any atom is -0.508 e. The second-order valence-corrected chi connectivity index (χ2v) is 13.8. The minimum absolute atomic E-state index is 0.0708. The molecular weight excluding hydrogens is 630 g/mol. The monoisotopic (exact) mass is 679 g/mol. The largest absolute Gasteiger partial charge is 0.508 e. The zero-order valence-electron chi connectivity index (χ0n) is 28.6. The highest BCUT2D eigenvalue weighted by Crippen LogP contribution is 2.44. The number of benzene rings is 2. The molecule has 2 aromatic carbocycles. The molecule has 3 atom stereocenters. The summed E-state index contributed by atoms with van der Waals surface area (Å²) in [5.74, 6) is -0.344. The number of aliphatic hydroxyl groups is 1. The van der Waals surface area contributed by atoms with Gasteiger partial charge in [-0.15, -0.1) is 0 Å². The second-order valence-electron chi connectivity index (χ2n) is 13.8. The van der Waals surface area contributed by atoms with Gasteiger partial charge in [-0.05, 0) is 135 Å². The van der Waals surface area contributed by atoms with E-state index in [-0.39, 0.29) is 54.5 Å². The molecule has 6 rings (SSSR count). The highest BCUT2D eigenvalue weighted by atomic mass is 16.5. The van der Waals surface area contributed by atoms with Crippen molar-refractivity contribution in [3.63, 3.8) is 0 Å². The zero-order chi connectivity index (χ0) is 34.9. The third kappa shape index (κ3) is 8.69. The van der Waals surface area contributed by atoms with Gasteiger partial charge in [-0.25, -0.2) is 0 Å². The fraction of sp³-hybridized carbons (Fsp3) is 0.415. The Morgan fingerprint density at radius 2 is 1.76 bits per heavy atom. The number of carbonyl (C=O) groups is 2. The van der Waals surface area contributed by atoms with Crippen LogP contribution in [0.5, 0.6) is 17.2 Å². The standard InChI is InChI=1S/C41H49N3O6/c45-22-19-34(36(47)16-14-28-15-17-37(48)38(24-28)50-31-10-2-3-11-31)41(49)40-29(26-44-39-13-6-20-43-39)25-35-32(18-21-42-35)33(40)12-4-1-7-27-8-5-9-30(46)23-27/h5-6,8-9,13,15,17-18,20-21,23-25,31,33-34,40,42-46,48H,1-4,7,10-12,14,16,19,22,26H2. The van der Waals surface area contributed by atoms with Gasteiger partial charge in [0, 0.05) is 43.6 Å². The fourth-order valence-corrected chi connectivity index (χ4v) is 7.71. The summed E-state index contributed by atoms with van der Waals surface area (Å²) >= 11 is 0. The number of ketones is 2. The van der Waals surface area contributed by atoms with Gasteiger partial charge in [0.05, 0.1) is 12.0 Å². The molecule has 0 amide bonds. The molecule has 9 nitrogen and oxygen atoms in total. The topological polar surface area (TPSA) is 148 Å². The molecule has 2 heterocycles. The number of anilines is 1. The highest BCUT2D eigenvalue weighted by Gasteiger charge is 2.41. The molecule has 4 aromatic rings. The Morgan fingerprint density at radius 1 is 0.920 bits per heavy atom. The van der Waals surface area contributed by atoms with Crippen LogP contribution in [0.3, 0.4) is 0 Å². The first-order chi connectivity index (χ1) is 24.4. The lowest BCUT2D eigenvalue weighted by atomic mass is 9.69. The quantitative estimate of drug-likeness (QED) is 0.0472. The highest BCUT2D eigenvalue weighted by molar-refractivity contribution is 6.05. The Kier molecular flexibility index (Phi) is 11.8. The number of rotatable bonds is 18. The van der Waals surface area contributed by atoms with Gasteiger partial charge >= 0.3 is 0 Å². The molecule has 9 heteroatoms. The maximum atomic E-state index is 14.7. The van der Waals surface area contributed by atoms with Crippen molar-refractivity contribution in [2.24, 2.45) is 11.8 Å². The van der Waals surface area contributed by atoms with Crippen molar-refractivity contribution < 1.29 is 29.6 Å². The molecule has 50 heavy (non-hydrogen) atoms. The number of ether oxygens (including phenoxy) is 1. The second kappa shape index (κ2) is 16.8. The number of Topliss-reactive ketones (excluding diaryl/α,β-unsaturated/α-hetero) is 2. The van der Waals surface area contributed by atoms with E-state index in [1.54, 1.807) is 30.3 Å². The fourth-order valence-electron chi connectivity index (χ4n) is 7.71. The lowest BCUT2D eigenvalue weighted by Gasteiger charge is -2.34. The summed E-state index contributed by atoms with van der Waals surface area (Å²) in [6.45, 7) is 0.156. The smallest absolute Gasteiger partial charge is 0.161 e. The average molecular weight is 680 g/mol. The van der Waals surface area contributed by atoms with Gasteiger partial charge in [0.15, 0.2) is 17.3 Å². The first-order valence-electron chi connectivity index (χ1n) is 18.1. The molecule has 6 N–H and O–H groups in total. The van der Waals surface area contributed by atoms with Crippen LogP contribution in [-0.4, -0.2) is 56.1 Å². The van der Waals surface area contributed by atoms with E-state index in [1.165, 1.54) is 0 Å². The number of aromatic amines is 2. The van der Waals surface area contributed by atoms with Gasteiger partial charge in [0.25, 0.3) is 0 Å². The molecule has 0 spiro atoms. The number of fused-ring (bicyclic) bond motifs is 1. The number of hydrogen-bond donors (Lipinski definition) is 6. The molecule has 2 aliphatic carbocycles. The number of hydrogen-bond acceptors (Lipinski definition) is 7. The van der Waals surface area contributed by atoms with E-state index in [2.05, 4.69) is 15.3 Å². The van der Waals surface area contributed by atoms with Gasteiger partial charge in [-0.2, -0.15) is 0 Å². The lowest BCUT2D eigenvalue weighted by molar-refractivity contribution is -0.135. The van der Waals surface area contributed by atoms with Crippen LogP contribution >= 0.6 is 0 Å². The molecule has 1 fully saturated rings. The van der Waals surface area contributed by atoms with E-state index in [0.29, 0.717) is 18.7 Å². The molecule has 3 unspecified atom stereocenters. The van der Waals surface area contributed by atoms with Crippen molar-refractivity contribution >= 4 is 23.5 Å². The summed E-state index contributed by atoms with van der Waals surface area (Å²) in [7, 11) is 0. The first kappa shape index (κ1) is 35.1. The van der Waals surface area contributed by atoms with Crippen molar-refractivity contribution in [3.05, 3.63) is 101 Å². The molecule has 0 saturated heterocycles. The van der Waals surface area contributed by atoms with Crippen molar-refractivity contribution in [1.29, 1.82) is 0 Å². The van der Waals surface area contributed by atoms with Crippen LogP contribution in [-0.2, 0) is 22.4 Å². The van der Waals surface area contributed by atoms with Gasteiger partial charge < -0.3 is 35.3 Å². The maximum absolute atomic E-state index is 14.7. The number of aromatic nitrogens is 2. The summed E-state index contributed by atoms with van der Waals surface area (Å²) in [5.41, 5.74) is 4.87. The number of aliphatic hydroxyl groups excluding tert-OH is 1. The van der Waals surface area contributed by atoms with E-state index >= 15 is 0 Å². The molecule has 2 aromatic heterocycles. The number of carbonyl (C=O) groups excluding carboxylic acids is 2. The van der Waals surface area contributed by atoms with Crippen molar-refractivity contribution in [2.45, 2.75) is 82.7 Å². The summed E-state index contributed by atoms with van der Waals surface area (Å²) in [6, 6.07) is 18.4. The summed E-state index contributed by atoms with van der Waals surface area (Å²) in [4.78, 5) is 35.2. The Hall–Kier alpha value is -4.76. The maximum Gasteiger partial charge on any atom is 0.161 e. The molecule has 0 aliphatic heterocycles. The molecule has 2 aliphatic rings. The third-order valence-electron chi connectivity index (χ3n) is 10.3. The van der Waals surface area contributed by atoms with E-state index < -0.39 is 11.8 Å². The van der Waals surface area contributed by atoms with Crippen LogP contribution in [0.1, 0.15) is 86.1 Å². The first-order valence-corrected chi connectivity index (χ1v) is 18.1. The Bertz CT molecular complexity index is 1750. The number of aryl methyl sites for hydroxylation is 2. The summed E-state index contributed by atoms with van der Waals surface area (Å²) < 4.78 is 6.07. The molecular formula is C41H49N3O6. The minimum atomic E-state index is -0.944. The SMILES string of the molecule is O=C(CCc1ccc(O)c(OC2CCCC2)c1)C(CCO)C(=O)C1C(CNc2ccc[nH]2)=Cc2[nH]ccc2C1CCCCc1cccc(O)c1. The van der Waals surface area contributed by atoms with Gasteiger partial charge in [0.1, 0.15) is 17.4 Å². The van der Waals surface area contributed by atoms with Gasteiger partial charge in [0.2, 0.25) is 0 Å². The number of H-pyrrole nitrogens is 2. The molecule has 264 valence electrons. The van der Waals surface area contributed by atoms with Crippen LogP contribution in [0.25, 0.3) is 6.08 Å². The summed E-state index contributed by atoms with van der Waals surface area (Å²) in [6.07, 6.45) is 14.0. The third-order valence-corrected chi connectivity index (χ3v) is 10.3. The van der Waals surface area contributed by atoms with Crippen LogP contribution in [0.2, 0.25) is 0 Å². The van der Waals surface area contributed by atoms with Crippen LogP contribution in [0.15, 0.2) is 78.6 Å². The van der Waals surface area contributed by atoms with Gasteiger partial charge in [-0.1, -0.05) is 24.6 Å². The van der Waals surface area contributed by atoms with E-state index in [1.807, 2.05) is 48.8 Å². The predicted octanol–water partition coefficient (Wildman–Crippen LogP) is 7.47. The molecule has 1 saturated carbocycles. The molecule has 0 bridgehead atoms. The Labute approximate surface area is 293 Å². The number of phenols is 2. The van der Waals surface area contributed by atoms with E-state index in [4.69, 9.17) is 4.74 Å². The lowest BCUT2D eigenvalue weighted by Crippen LogP contribution is -2.37. The van der Waals surface area contributed by atoms with Crippen LogP contribution in [0, 0.1) is 11.8 Å². The van der Waals surface area contributed by atoms with Crippen molar-refractivity contribution in [3.8, 4) is 17.2 Å². The Morgan fingerprint density at radius 3 is 2.54 bits per heavy atom. The average Bonchev–Trinajstić information content (AvgIpc) is 3.92. The zero-order valence-corrected chi connectivity index (χ0v) is 28.6. The van der Waals surface area contributed by atoms with Crippen molar-refractivity contribution in [1.82, 2.24) is 9.97 Å². The number of phenolic OH excluding ortho intramolecular Hbond substituents is 2. The number of aromatic hydroxyl groups is 2. The normalized spacial score (nSPS) is 18.0. The number of nitrogens with one attached hydrogen (secondary N) is 3. The predicted molar refractivity (Wildman–Crippen MR) is 194 cm³/mol. The Balaban J connectivity index is 1.20. The molecule has 0 radical (unpaired) electrons. The summed E-state index contributed by atoms with van der Waals surface area (Å²) in [5, 5.41) is 33.8. The van der Waals surface area contributed by atoms with Crippen LogP contribution in [0.4, 0.5) is 5.82 Å². The van der Waals surface area contributed by atoms with Crippen molar-refractivity contribution in [2.75, 3.05) is 18.5 Å². The van der Waals surface area contributed by atoms with Gasteiger partial charge in [-0.3, -0.25) is 9.59 Å². The van der Waals surface area contributed by atoms with Crippen LogP contribution < -0.4 is 10.1 Å².